The van der Waals surface area contributed by atoms with E-state index < -0.39 is 0 Å². The average Bonchev–Trinajstić information content (AvgIpc) is 2.88. The van der Waals surface area contributed by atoms with Crippen LogP contribution in [0.5, 0.6) is 5.75 Å². The van der Waals surface area contributed by atoms with E-state index in [4.69, 9.17) is 16.3 Å². The van der Waals surface area contributed by atoms with Crippen LogP contribution < -0.4 is 4.74 Å². The normalized spacial score (nSPS) is 11.0. The number of benzene rings is 1. The highest BCUT2D eigenvalue weighted by atomic mass is 35.5. The molecule has 94 valence electrons. The zero-order chi connectivity index (χ0) is 12.8. The number of thioether (sulfide) groups is 1. The molecule has 0 saturated heterocycles. The molecule has 0 radical (unpaired) electrons. The summed E-state index contributed by atoms with van der Waals surface area (Å²) in [5.41, 5.74) is 2.37. The molecule has 0 bridgehead atoms. The lowest BCUT2D eigenvalue weighted by atomic mass is 10.3. The van der Waals surface area contributed by atoms with Crippen molar-refractivity contribution in [3.05, 3.63) is 35.9 Å². The molecule has 0 spiro atoms. The van der Waals surface area contributed by atoms with Gasteiger partial charge in [-0.25, -0.2) is 0 Å². The number of halogens is 1. The Bertz CT molecular complexity index is 526. The summed E-state index contributed by atoms with van der Waals surface area (Å²) >= 11 is 6.97. The number of aromatic nitrogens is 4. The molecule has 1 heterocycles. The second kappa shape index (κ2) is 6.42. The van der Waals surface area contributed by atoms with Gasteiger partial charge in [-0.2, -0.15) is 4.68 Å². The minimum Gasteiger partial charge on any atom is -0.497 e. The molecule has 0 aliphatic rings. The maximum absolute atomic E-state index is 5.47. The monoisotopic (exact) mass is 282 g/mol. The van der Waals surface area contributed by atoms with Crippen LogP contribution in [0.25, 0.3) is 5.69 Å². The van der Waals surface area contributed by atoms with Crippen LogP contribution in [0.15, 0.2) is 41.0 Å². The van der Waals surface area contributed by atoms with Crippen LogP contribution in [0.4, 0.5) is 0 Å². The highest BCUT2D eigenvalue weighted by molar-refractivity contribution is 7.99. The first-order valence-electron chi connectivity index (χ1n) is 5.16. The van der Waals surface area contributed by atoms with Crippen LogP contribution >= 0.6 is 23.4 Å². The lowest BCUT2D eigenvalue weighted by Crippen LogP contribution is -1.99. The average molecular weight is 283 g/mol. The molecule has 0 amide bonds. The first-order valence-corrected chi connectivity index (χ1v) is 6.58. The van der Waals surface area contributed by atoms with Gasteiger partial charge in [0.25, 0.3) is 0 Å². The second-order valence-electron chi connectivity index (χ2n) is 3.24. The predicted molar refractivity (Wildman–Crippen MR) is 71.4 cm³/mol. The minimum absolute atomic E-state index is 0.718. The van der Waals surface area contributed by atoms with Gasteiger partial charge in [0, 0.05) is 11.3 Å². The molecule has 18 heavy (non-hydrogen) atoms. The highest BCUT2D eigenvalue weighted by Crippen LogP contribution is 2.20. The van der Waals surface area contributed by atoms with Gasteiger partial charge in [-0.05, 0) is 34.7 Å². The fourth-order valence-corrected chi connectivity index (χ4v) is 2.21. The lowest BCUT2D eigenvalue weighted by Gasteiger charge is -2.04. The van der Waals surface area contributed by atoms with Crippen molar-refractivity contribution in [2.45, 2.75) is 5.16 Å². The van der Waals surface area contributed by atoms with Crippen molar-refractivity contribution in [3.8, 4) is 11.4 Å². The quantitative estimate of drug-likeness (QED) is 0.789. The van der Waals surface area contributed by atoms with E-state index in [9.17, 15) is 0 Å². The van der Waals surface area contributed by atoms with Gasteiger partial charge in [0.15, 0.2) is 0 Å². The fourth-order valence-electron chi connectivity index (χ4n) is 1.31. The predicted octanol–water partition coefficient (Wildman–Crippen LogP) is 2.52. The third-order valence-electron chi connectivity index (χ3n) is 2.16. The van der Waals surface area contributed by atoms with Gasteiger partial charge in [-0.3, -0.25) is 0 Å². The van der Waals surface area contributed by atoms with E-state index in [-0.39, 0.29) is 0 Å². The zero-order valence-corrected chi connectivity index (χ0v) is 11.2. The zero-order valence-electron chi connectivity index (χ0n) is 9.65. The van der Waals surface area contributed by atoms with Gasteiger partial charge >= 0.3 is 0 Å². The van der Waals surface area contributed by atoms with Crippen LogP contribution in [0.3, 0.4) is 0 Å². The fraction of sp³-hybridized carbons (Fsp3) is 0.182. The van der Waals surface area contributed by atoms with E-state index in [2.05, 4.69) is 15.5 Å². The largest absolute Gasteiger partial charge is 0.497 e. The van der Waals surface area contributed by atoms with Gasteiger partial charge in [-0.15, -0.1) is 5.10 Å². The van der Waals surface area contributed by atoms with Gasteiger partial charge in [0.05, 0.1) is 12.8 Å². The summed E-state index contributed by atoms with van der Waals surface area (Å²) in [5.74, 6) is 1.52. The Morgan fingerprint density at radius 2 is 2.17 bits per heavy atom. The van der Waals surface area contributed by atoms with Crippen LogP contribution in [-0.2, 0) is 0 Å². The third-order valence-corrected chi connectivity index (χ3v) is 3.21. The number of ether oxygens (including phenoxy) is 1. The first kappa shape index (κ1) is 12.9. The Labute approximate surface area is 114 Å². The minimum atomic E-state index is 0.718. The summed E-state index contributed by atoms with van der Waals surface area (Å²) in [5, 5.41) is 12.3. The van der Waals surface area contributed by atoms with Crippen LogP contribution in [0.1, 0.15) is 0 Å². The molecule has 2 rings (SSSR count). The number of tetrazole rings is 1. The molecule has 0 unspecified atom stereocenters. The van der Waals surface area contributed by atoms with Crippen LogP contribution in [0.2, 0.25) is 0 Å². The van der Waals surface area contributed by atoms with Crippen molar-refractivity contribution in [1.29, 1.82) is 0 Å². The highest BCUT2D eigenvalue weighted by Gasteiger charge is 2.07. The summed E-state index contributed by atoms with van der Waals surface area (Å²) in [7, 11) is 1.63. The molecular weight excluding hydrogens is 272 g/mol. The van der Waals surface area contributed by atoms with Crippen molar-refractivity contribution in [1.82, 2.24) is 20.2 Å². The lowest BCUT2D eigenvalue weighted by molar-refractivity contribution is 0.414. The molecule has 0 aliphatic heterocycles. The molecule has 1 aromatic heterocycles. The molecule has 5 nitrogen and oxygen atoms in total. The van der Waals surface area contributed by atoms with E-state index in [0.29, 0.717) is 0 Å². The summed E-state index contributed by atoms with van der Waals surface area (Å²) in [4.78, 5) is 0. The Morgan fingerprint density at radius 1 is 1.39 bits per heavy atom. The Kier molecular flexibility index (Phi) is 4.60. The van der Waals surface area contributed by atoms with Gasteiger partial charge in [0.1, 0.15) is 5.75 Å². The third kappa shape index (κ3) is 3.02. The Hall–Kier alpha value is -1.53. The summed E-state index contributed by atoms with van der Waals surface area (Å²) in [6.07, 6.45) is 1.83. The standard InChI is InChI=1S/C11H11ClN4OS/c1-17-10-5-3-9(4-6-10)16-11(13-14-15-16)18-8-2-7-12/h2-7H,8H2,1H3/b7-2+. The number of hydrogen-bond donors (Lipinski definition) is 0. The van der Waals surface area contributed by atoms with Crippen molar-refractivity contribution in [2.75, 3.05) is 12.9 Å². The molecule has 7 heteroatoms. The first-order chi connectivity index (χ1) is 8.85. The molecule has 0 N–H and O–H groups in total. The molecular formula is C11H11ClN4OS. The van der Waals surface area contributed by atoms with Crippen LogP contribution in [-0.4, -0.2) is 33.1 Å². The van der Waals surface area contributed by atoms with E-state index in [1.54, 1.807) is 11.8 Å². The Morgan fingerprint density at radius 3 is 2.83 bits per heavy atom. The van der Waals surface area contributed by atoms with Crippen molar-refractivity contribution < 1.29 is 4.74 Å². The summed E-state index contributed by atoms with van der Waals surface area (Å²) in [6, 6.07) is 7.53. The Balaban J connectivity index is 2.19. The van der Waals surface area contributed by atoms with Crippen molar-refractivity contribution in [2.24, 2.45) is 0 Å². The molecule has 0 atom stereocenters. The van der Waals surface area contributed by atoms with E-state index in [1.165, 1.54) is 17.3 Å². The molecule has 2 aromatic rings. The maximum Gasteiger partial charge on any atom is 0.214 e. The number of methoxy groups -OCH3 is 1. The number of rotatable bonds is 5. The SMILES string of the molecule is COc1ccc(-n2nnnc2SC/C=C/Cl)cc1. The van der Waals surface area contributed by atoms with E-state index >= 15 is 0 Å². The molecule has 0 aliphatic carbocycles. The van der Waals surface area contributed by atoms with Gasteiger partial charge in [0.2, 0.25) is 5.16 Å². The van der Waals surface area contributed by atoms with Gasteiger partial charge in [-0.1, -0.05) is 29.4 Å². The second-order valence-corrected chi connectivity index (χ2v) is 4.48. The van der Waals surface area contributed by atoms with Crippen LogP contribution in [0, 0.1) is 0 Å². The topological polar surface area (TPSA) is 52.8 Å². The molecule has 1 aromatic carbocycles. The van der Waals surface area contributed by atoms with Crippen molar-refractivity contribution in [3.63, 3.8) is 0 Å². The molecule has 0 fully saturated rings. The van der Waals surface area contributed by atoms with Gasteiger partial charge < -0.3 is 4.74 Å². The maximum atomic E-state index is 5.47. The number of hydrogen-bond acceptors (Lipinski definition) is 5. The number of nitrogens with zero attached hydrogens (tertiary/aromatic N) is 4. The summed E-state index contributed by atoms with van der Waals surface area (Å²) in [6.45, 7) is 0. The van der Waals surface area contributed by atoms with E-state index in [1.807, 2.05) is 30.3 Å². The summed E-state index contributed by atoms with van der Waals surface area (Å²) < 4.78 is 6.78. The van der Waals surface area contributed by atoms with E-state index in [0.717, 1.165) is 22.3 Å². The smallest absolute Gasteiger partial charge is 0.214 e. The molecule has 0 saturated carbocycles. The van der Waals surface area contributed by atoms with Crippen molar-refractivity contribution >= 4 is 23.4 Å².